The number of hydrogen-bond acceptors (Lipinski definition) is 4. The molecule has 0 radical (unpaired) electrons. The minimum Gasteiger partial charge on any atom is -0.491 e. The van der Waals surface area contributed by atoms with Crippen molar-refractivity contribution in [2.45, 2.75) is 20.0 Å². The quantitative estimate of drug-likeness (QED) is 0.730. The molecular weight excluding hydrogens is 378 g/mol. The van der Waals surface area contributed by atoms with Gasteiger partial charge >= 0.3 is 5.97 Å². The molecule has 24 heavy (non-hydrogen) atoms. The minimum absolute atomic E-state index is 0.00899. The number of nitrogens with one attached hydrogen (secondary N) is 1. The van der Waals surface area contributed by atoms with Gasteiger partial charge in [-0.25, -0.2) is 4.79 Å². The molecule has 1 aromatic carbocycles. The van der Waals surface area contributed by atoms with E-state index in [1.807, 2.05) is 13.8 Å². The first-order valence-corrected chi connectivity index (χ1v) is 7.93. The molecule has 0 saturated heterocycles. The van der Waals surface area contributed by atoms with Crippen LogP contribution in [0.25, 0.3) is 6.08 Å². The van der Waals surface area contributed by atoms with Gasteiger partial charge in [0.2, 0.25) is 0 Å². The van der Waals surface area contributed by atoms with Gasteiger partial charge in [-0.1, -0.05) is 12.1 Å². The summed E-state index contributed by atoms with van der Waals surface area (Å²) in [5, 5.41) is 11.6. The predicted octanol–water partition coefficient (Wildman–Crippen LogP) is 3.68. The van der Waals surface area contributed by atoms with Gasteiger partial charge in [-0.3, -0.25) is 4.79 Å². The molecule has 2 N–H and O–H groups in total. The Hall–Kier alpha value is -2.54. The fourth-order valence-corrected chi connectivity index (χ4v) is 2.16. The Morgan fingerprint density at radius 1 is 1.21 bits per heavy atom. The fourth-order valence-electron chi connectivity index (χ4n) is 1.85. The van der Waals surface area contributed by atoms with Crippen LogP contribution >= 0.6 is 15.9 Å². The maximum Gasteiger partial charge on any atom is 0.352 e. The van der Waals surface area contributed by atoms with Gasteiger partial charge in [0.1, 0.15) is 11.4 Å². The van der Waals surface area contributed by atoms with Gasteiger partial charge in [0.15, 0.2) is 10.4 Å². The molecule has 0 atom stereocenters. The number of carbonyl (C=O) groups is 2. The maximum absolute atomic E-state index is 12.0. The smallest absolute Gasteiger partial charge is 0.352 e. The van der Waals surface area contributed by atoms with Gasteiger partial charge in [-0.05, 0) is 65.7 Å². The summed E-state index contributed by atoms with van der Waals surface area (Å²) in [7, 11) is 0. The summed E-state index contributed by atoms with van der Waals surface area (Å²) in [6, 6.07) is 9.86. The van der Waals surface area contributed by atoms with E-state index in [0.29, 0.717) is 16.0 Å². The molecule has 1 amide bonds. The van der Waals surface area contributed by atoms with E-state index in [2.05, 4.69) is 21.2 Å². The first-order chi connectivity index (χ1) is 11.3. The van der Waals surface area contributed by atoms with E-state index in [1.54, 1.807) is 30.3 Å². The Morgan fingerprint density at radius 3 is 2.38 bits per heavy atom. The maximum atomic E-state index is 12.0. The average molecular weight is 394 g/mol. The molecule has 0 unspecified atom stereocenters. The number of benzene rings is 1. The highest BCUT2D eigenvalue weighted by molar-refractivity contribution is 9.10. The van der Waals surface area contributed by atoms with E-state index >= 15 is 0 Å². The summed E-state index contributed by atoms with van der Waals surface area (Å²) < 4.78 is 11.0. The topological polar surface area (TPSA) is 88.8 Å². The van der Waals surface area contributed by atoms with Crippen molar-refractivity contribution in [1.82, 2.24) is 5.32 Å². The number of carbonyl (C=O) groups excluding carboxylic acids is 1. The SMILES string of the molecule is CC(C)Oc1ccc(/C=C(/NC(=O)c2ccc(Br)o2)C(=O)O)cc1. The van der Waals surface area contributed by atoms with E-state index in [-0.39, 0.29) is 17.6 Å². The van der Waals surface area contributed by atoms with E-state index in [9.17, 15) is 14.7 Å². The Morgan fingerprint density at radius 2 is 1.88 bits per heavy atom. The molecule has 0 saturated carbocycles. The first kappa shape index (κ1) is 17.8. The van der Waals surface area contributed by atoms with Gasteiger partial charge in [0.05, 0.1) is 6.10 Å². The highest BCUT2D eigenvalue weighted by Crippen LogP contribution is 2.17. The predicted molar refractivity (Wildman–Crippen MR) is 91.7 cm³/mol. The van der Waals surface area contributed by atoms with Crippen molar-refractivity contribution in [2.24, 2.45) is 0 Å². The van der Waals surface area contributed by atoms with Crippen LogP contribution in [0.2, 0.25) is 0 Å². The van der Waals surface area contributed by atoms with Gasteiger partial charge in [-0.2, -0.15) is 0 Å². The second-order valence-electron chi connectivity index (χ2n) is 5.16. The standard InChI is InChI=1S/C17H16BrNO5/c1-10(2)23-12-5-3-11(4-6-12)9-13(17(21)22)19-16(20)14-7-8-15(18)24-14/h3-10H,1-2H3,(H,19,20)(H,21,22)/b13-9+. The summed E-state index contributed by atoms with van der Waals surface area (Å²) >= 11 is 3.08. The summed E-state index contributed by atoms with van der Waals surface area (Å²) in [5.74, 6) is -1.20. The summed E-state index contributed by atoms with van der Waals surface area (Å²) in [6.45, 7) is 3.83. The first-order valence-electron chi connectivity index (χ1n) is 7.13. The molecule has 0 aliphatic heterocycles. The molecule has 1 heterocycles. The monoisotopic (exact) mass is 393 g/mol. The molecule has 0 spiro atoms. The van der Waals surface area contributed by atoms with Crippen LogP contribution in [0, 0.1) is 0 Å². The molecule has 2 aromatic rings. The second kappa shape index (κ2) is 7.83. The lowest BCUT2D eigenvalue weighted by atomic mass is 10.2. The molecule has 7 heteroatoms. The lowest BCUT2D eigenvalue weighted by molar-refractivity contribution is -0.132. The van der Waals surface area contributed by atoms with Crippen molar-refractivity contribution in [3.8, 4) is 5.75 Å². The lowest BCUT2D eigenvalue weighted by Gasteiger charge is -2.09. The van der Waals surface area contributed by atoms with Crippen molar-refractivity contribution in [1.29, 1.82) is 0 Å². The Labute approximate surface area is 147 Å². The normalized spacial score (nSPS) is 11.4. The number of aliphatic carboxylic acids is 1. The third kappa shape index (κ3) is 4.99. The highest BCUT2D eigenvalue weighted by Gasteiger charge is 2.16. The van der Waals surface area contributed by atoms with Crippen LogP contribution in [-0.4, -0.2) is 23.1 Å². The van der Waals surface area contributed by atoms with E-state index in [0.717, 1.165) is 0 Å². The number of furan rings is 1. The van der Waals surface area contributed by atoms with Crippen molar-refractivity contribution < 1.29 is 23.8 Å². The zero-order valence-electron chi connectivity index (χ0n) is 13.1. The number of rotatable bonds is 6. The Bertz CT molecular complexity index is 762. The second-order valence-corrected chi connectivity index (χ2v) is 5.94. The molecule has 1 aromatic heterocycles. The van der Waals surface area contributed by atoms with E-state index in [1.165, 1.54) is 12.1 Å². The van der Waals surface area contributed by atoms with Crippen LogP contribution in [0.5, 0.6) is 5.75 Å². The van der Waals surface area contributed by atoms with Gasteiger partial charge < -0.3 is 19.6 Å². The average Bonchev–Trinajstić information content (AvgIpc) is 2.94. The zero-order chi connectivity index (χ0) is 17.7. The van der Waals surface area contributed by atoms with Crippen LogP contribution in [-0.2, 0) is 4.79 Å². The Kier molecular flexibility index (Phi) is 5.81. The molecule has 0 aliphatic rings. The molecule has 2 rings (SSSR count). The lowest BCUT2D eigenvalue weighted by Crippen LogP contribution is -2.26. The number of carboxylic acid groups (broad SMARTS) is 1. The van der Waals surface area contributed by atoms with Crippen molar-refractivity contribution in [3.05, 3.63) is 58.1 Å². The third-order valence-electron chi connectivity index (χ3n) is 2.84. The third-order valence-corrected chi connectivity index (χ3v) is 3.26. The molecule has 0 aliphatic carbocycles. The molecular formula is C17H16BrNO5. The van der Waals surface area contributed by atoms with Crippen molar-refractivity contribution >= 4 is 33.9 Å². The van der Waals surface area contributed by atoms with Gasteiger partial charge in [-0.15, -0.1) is 0 Å². The van der Waals surface area contributed by atoms with Crippen molar-refractivity contribution in [3.63, 3.8) is 0 Å². The van der Waals surface area contributed by atoms with Crippen LogP contribution < -0.4 is 10.1 Å². The molecule has 0 fully saturated rings. The number of hydrogen-bond donors (Lipinski definition) is 2. The van der Waals surface area contributed by atoms with Gasteiger partial charge in [0, 0.05) is 0 Å². The number of ether oxygens (including phenoxy) is 1. The van der Waals surface area contributed by atoms with Crippen molar-refractivity contribution in [2.75, 3.05) is 0 Å². The molecule has 126 valence electrons. The van der Waals surface area contributed by atoms with Crippen LogP contribution in [0.15, 0.2) is 51.2 Å². The van der Waals surface area contributed by atoms with Crippen LogP contribution in [0.3, 0.4) is 0 Å². The van der Waals surface area contributed by atoms with Crippen LogP contribution in [0.1, 0.15) is 30.0 Å². The van der Waals surface area contributed by atoms with E-state index in [4.69, 9.17) is 9.15 Å². The van der Waals surface area contributed by atoms with Gasteiger partial charge in [0.25, 0.3) is 5.91 Å². The summed E-state index contributed by atoms with van der Waals surface area (Å²) in [5.41, 5.74) is 0.356. The fraction of sp³-hybridized carbons (Fsp3) is 0.176. The number of amides is 1. The molecule has 6 nitrogen and oxygen atoms in total. The molecule has 0 bridgehead atoms. The number of halogens is 1. The highest BCUT2D eigenvalue weighted by atomic mass is 79.9. The largest absolute Gasteiger partial charge is 0.491 e. The summed E-state index contributed by atoms with van der Waals surface area (Å²) in [4.78, 5) is 23.3. The number of carboxylic acids is 1. The summed E-state index contributed by atoms with van der Waals surface area (Å²) in [6.07, 6.45) is 1.41. The van der Waals surface area contributed by atoms with E-state index < -0.39 is 11.9 Å². The van der Waals surface area contributed by atoms with Crippen LogP contribution in [0.4, 0.5) is 0 Å². The zero-order valence-corrected chi connectivity index (χ0v) is 14.7. The Balaban J connectivity index is 2.16. The minimum atomic E-state index is -1.25.